The highest BCUT2D eigenvalue weighted by Crippen LogP contribution is 2.53. The third kappa shape index (κ3) is 1.57. The number of carbonyl (C=O) groups excluding carboxylic acids is 2. The van der Waals surface area contributed by atoms with Crippen molar-refractivity contribution in [2.24, 2.45) is 11.8 Å². The molecule has 22 heavy (non-hydrogen) atoms. The fourth-order valence-electron chi connectivity index (χ4n) is 3.97. The number of rotatable bonds is 2. The van der Waals surface area contributed by atoms with Gasteiger partial charge in [-0.25, -0.2) is 0 Å². The van der Waals surface area contributed by atoms with Crippen molar-refractivity contribution < 1.29 is 19.1 Å². The van der Waals surface area contributed by atoms with E-state index in [-0.39, 0.29) is 18.0 Å². The first kappa shape index (κ1) is 13.5. The van der Waals surface area contributed by atoms with E-state index >= 15 is 0 Å². The molecule has 114 valence electrons. The average Bonchev–Trinajstić information content (AvgIpc) is 3.15. The van der Waals surface area contributed by atoms with Crippen molar-refractivity contribution in [1.82, 2.24) is 0 Å². The normalized spacial score (nSPS) is 35.1. The van der Waals surface area contributed by atoms with Crippen molar-refractivity contribution in [3.8, 4) is 0 Å². The zero-order chi connectivity index (χ0) is 15.5. The average molecular weight is 299 g/mol. The minimum Gasteiger partial charge on any atom is -0.469 e. The smallest absolute Gasteiger partial charge is 0.312 e. The minimum atomic E-state index is -0.692. The standard InChI is InChI=1S/C17H17NO4/c1-10-5-3-4-6-11(10)18-9-17-8-7-12(22-17)13(16(20)21-2)14(17)15(18)19/h3-8,12-14H,9H2,1-2H3/t12-,13+,14+,17-/m0/s1. The van der Waals surface area contributed by atoms with Crippen LogP contribution in [0.4, 0.5) is 5.69 Å². The lowest BCUT2D eigenvalue weighted by atomic mass is 9.77. The second kappa shape index (κ2) is 4.43. The first-order chi connectivity index (χ1) is 10.6. The molecular weight excluding hydrogens is 282 g/mol. The van der Waals surface area contributed by atoms with Crippen LogP contribution >= 0.6 is 0 Å². The minimum absolute atomic E-state index is 0.0587. The largest absolute Gasteiger partial charge is 0.469 e. The number of benzene rings is 1. The Morgan fingerprint density at radius 3 is 2.91 bits per heavy atom. The molecule has 1 amide bonds. The third-order valence-electron chi connectivity index (χ3n) is 4.98. The molecule has 0 radical (unpaired) electrons. The quantitative estimate of drug-likeness (QED) is 0.613. The molecule has 4 rings (SSSR count). The van der Waals surface area contributed by atoms with E-state index in [1.165, 1.54) is 7.11 Å². The molecule has 3 heterocycles. The van der Waals surface area contributed by atoms with E-state index in [0.29, 0.717) is 6.54 Å². The summed E-state index contributed by atoms with van der Waals surface area (Å²) in [7, 11) is 1.35. The molecule has 1 spiro atoms. The number of ether oxygens (including phenoxy) is 2. The molecule has 0 unspecified atom stereocenters. The maximum absolute atomic E-state index is 13.0. The fraction of sp³-hybridized carbons (Fsp3) is 0.412. The van der Waals surface area contributed by atoms with Gasteiger partial charge in [0, 0.05) is 5.69 Å². The van der Waals surface area contributed by atoms with Gasteiger partial charge in [0.25, 0.3) is 0 Å². The number of amides is 1. The van der Waals surface area contributed by atoms with Crippen LogP contribution in [-0.2, 0) is 19.1 Å². The molecule has 2 saturated heterocycles. The molecule has 2 bridgehead atoms. The summed E-state index contributed by atoms with van der Waals surface area (Å²) in [5, 5.41) is 0. The maximum atomic E-state index is 13.0. The number of methoxy groups -OCH3 is 1. The molecule has 0 aromatic heterocycles. The van der Waals surface area contributed by atoms with E-state index in [1.54, 1.807) is 4.90 Å². The summed E-state index contributed by atoms with van der Waals surface area (Å²) in [5.41, 5.74) is 1.21. The Balaban J connectivity index is 1.75. The third-order valence-corrected chi connectivity index (χ3v) is 4.98. The topological polar surface area (TPSA) is 55.8 Å². The summed E-state index contributed by atoms with van der Waals surface area (Å²) < 4.78 is 10.9. The Morgan fingerprint density at radius 2 is 2.18 bits per heavy atom. The SMILES string of the molecule is COC(=O)[C@@H]1[C@@H]2C=C[C@@]3(CN(c4ccccc4C)C(=O)[C@@H]13)O2. The zero-order valence-corrected chi connectivity index (χ0v) is 12.5. The van der Waals surface area contributed by atoms with Crippen LogP contribution in [0.25, 0.3) is 0 Å². The Labute approximate surface area is 128 Å². The van der Waals surface area contributed by atoms with Crippen LogP contribution < -0.4 is 4.90 Å². The van der Waals surface area contributed by atoms with Crippen LogP contribution in [-0.4, -0.2) is 37.2 Å². The second-order valence-corrected chi connectivity index (χ2v) is 6.13. The van der Waals surface area contributed by atoms with Gasteiger partial charge in [0.15, 0.2) is 0 Å². The van der Waals surface area contributed by atoms with E-state index < -0.39 is 17.4 Å². The highest BCUT2D eigenvalue weighted by Gasteiger charge is 2.67. The van der Waals surface area contributed by atoms with Gasteiger partial charge in [-0.1, -0.05) is 30.4 Å². The molecule has 3 aliphatic heterocycles. The van der Waals surface area contributed by atoms with Gasteiger partial charge in [-0.05, 0) is 18.6 Å². The highest BCUT2D eigenvalue weighted by atomic mass is 16.5. The molecule has 5 nitrogen and oxygen atoms in total. The van der Waals surface area contributed by atoms with Gasteiger partial charge in [0.2, 0.25) is 5.91 Å². The molecule has 1 aromatic rings. The number of carbonyl (C=O) groups is 2. The van der Waals surface area contributed by atoms with E-state index in [0.717, 1.165) is 11.3 Å². The van der Waals surface area contributed by atoms with Crippen molar-refractivity contribution in [2.75, 3.05) is 18.6 Å². The van der Waals surface area contributed by atoms with Crippen molar-refractivity contribution in [1.29, 1.82) is 0 Å². The van der Waals surface area contributed by atoms with E-state index in [4.69, 9.17) is 9.47 Å². The summed E-state index contributed by atoms with van der Waals surface area (Å²) in [6.45, 7) is 2.42. The van der Waals surface area contributed by atoms with Crippen molar-refractivity contribution >= 4 is 17.6 Å². The number of nitrogens with zero attached hydrogens (tertiary/aromatic N) is 1. The Bertz CT molecular complexity index is 698. The Kier molecular flexibility index (Phi) is 2.72. The summed E-state index contributed by atoms with van der Waals surface area (Å²) in [4.78, 5) is 26.8. The number of hydrogen-bond acceptors (Lipinski definition) is 4. The molecule has 0 N–H and O–H groups in total. The maximum Gasteiger partial charge on any atom is 0.312 e. The summed E-state index contributed by atoms with van der Waals surface area (Å²) in [6, 6.07) is 7.75. The lowest BCUT2D eigenvalue weighted by molar-refractivity contribution is -0.149. The molecule has 3 aliphatic rings. The number of aryl methyl sites for hydroxylation is 1. The van der Waals surface area contributed by atoms with Crippen molar-refractivity contribution in [3.63, 3.8) is 0 Å². The van der Waals surface area contributed by atoms with Gasteiger partial charge in [-0.2, -0.15) is 0 Å². The number of para-hydroxylation sites is 1. The summed E-state index contributed by atoms with van der Waals surface area (Å²) >= 11 is 0. The molecule has 0 aliphatic carbocycles. The summed E-state index contributed by atoms with van der Waals surface area (Å²) in [5.74, 6) is -1.47. The molecule has 1 aromatic carbocycles. The lowest BCUT2D eigenvalue weighted by Crippen LogP contribution is -2.39. The lowest BCUT2D eigenvalue weighted by Gasteiger charge is -2.22. The molecule has 5 heteroatoms. The van der Waals surface area contributed by atoms with Crippen molar-refractivity contribution in [3.05, 3.63) is 42.0 Å². The van der Waals surface area contributed by atoms with E-state index in [2.05, 4.69) is 0 Å². The highest BCUT2D eigenvalue weighted by molar-refractivity contribution is 6.03. The van der Waals surface area contributed by atoms with Crippen LogP contribution in [0.5, 0.6) is 0 Å². The zero-order valence-electron chi connectivity index (χ0n) is 12.5. The van der Waals surface area contributed by atoms with Gasteiger partial charge in [0.05, 0.1) is 25.7 Å². The number of fused-ring (bicyclic) bond motifs is 1. The molecule has 0 saturated carbocycles. The van der Waals surface area contributed by atoms with Crippen molar-refractivity contribution in [2.45, 2.75) is 18.6 Å². The second-order valence-electron chi connectivity index (χ2n) is 6.13. The van der Waals surface area contributed by atoms with Crippen LogP contribution in [0.1, 0.15) is 5.56 Å². The van der Waals surface area contributed by atoms with E-state index in [9.17, 15) is 9.59 Å². The predicted molar refractivity (Wildman–Crippen MR) is 79.3 cm³/mol. The van der Waals surface area contributed by atoms with E-state index in [1.807, 2.05) is 43.3 Å². The van der Waals surface area contributed by atoms with Gasteiger partial charge in [-0.3, -0.25) is 9.59 Å². The van der Waals surface area contributed by atoms with Gasteiger partial charge in [0.1, 0.15) is 11.5 Å². The van der Waals surface area contributed by atoms with Crippen LogP contribution in [0.2, 0.25) is 0 Å². The molecule has 4 atom stereocenters. The molecular formula is C17H17NO4. The van der Waals surface area contributed by atoms with Gasteiger partial charge < -0.3 is 14.4 Å². The van der Waals surface area contributed by atoms with Crippen LogP contribution in [0, 0.1) is 18.8 Å². The number of hydrogen-bond donors (Lipinski definition) is 0. The predicted octanol–water partition coefficient (Wildman–Crippen LogP) is 1.45. The Morgan fingerprint density at radius 1 is 1.41 bits per heavy atom. The number of esters is 1. The van der Waals surface area contributed by atoms with Crippen LogP contribution in [0.15, 0.2) is 36.4 Å². The first-order valence-electron chi connectivity index (χ1n) is 7.39. The van der Waals surface area contributed by atoms with Gasteiger partial charge >= 0.3 is 5.97 Å². The number of anilines is 1. The Hall–Kier alpha value is -2.14. The first-order valence-corrected chi connectivity index (χ1v) is 7.39. The fourth-order valence-corrected chi connectivity index (χ4v) is 3.97. The molecule has 2 fully saturated rings. The summed E-state index contributed by atoms with van der Waals surface area (Å²) in [6.07, 6.45) is 3.48. The monoisotopic (exact) mass is 299 g/mol. The van der Waals surface area contributed by atoms with Crippen LogP contribution in [0.3, 0.4) is 0 Å². The van der Waals surface area contributed by atoms with Gasteiger partial charge in [-0.15, -0.1) is 0 Å².